The second-order valence-electron chi connectivity index (χ2n) is 6.07. The number of anilines is 2. The van der Waals surface area contributed by atoms with E-state index in [1.807, 2.05) is 42.5 Å². The number of ether oxygens (including phenoxy) is 3. The van der Waals surface area contributed by atoms with E-state index in [4.69, 9.17) is 14.2 Å². The number of hydrogen-bond acceptors (Lipinski definition) is 5. The third-order valence-electron chi connectivity index (χ3n) is 4.53. The molecule has 0 bridgehead atoms. The van der Waals surface area contributed by atoms with Crippen molar-refractivity contribution >= 4 is 23.4 Å². The molecule has 6 heteroatoms. The fourth-order valence-corrected chi connectivity index (χ4v) is 3.19. The monoisotopic (exact) mass is 352 g/mol. The highest BCUT2D eigenvalue weighted by atomic mass is 16.7. The van der Waals surface area contributed by atoms with Gasteiger partial charge in [0.2, 0.25) is 0 Å². The molecule has 0 atom stereocenters. The Morgan fingerprint density at radius 2 is 2.23 bits per heavy atom. The van der Waals surface area contributed by atoms with Gasteiger partial charge in [0.25, 0.3) is 5.91 Å². The van der Waals surface area contributed by atoms with Crippen LogP contribution in [0.3, 0.4) is 0 Å². The summed E-state index contributed by atoms with van der Waals surface area (Å²) in [6.07, 6.45) is 3.42. The molecule has 2 heterocycles. The van der Waals surface area contributed by atoms with Crippen LogP contribution in [-0.4, -0.2) is 32.9 Å². The lowest BCUT2D eigenvalue weighted by Crippen LogP contribution is -2.37. The van der Waals surface area contributed by atoms with E-state index in [1.54, 1.807) is 18.1 Å². The van der Waals surface area contributed by atoms with Crippen molar-refractivity contribution in [1.82, 2.24) is 0 Å². The molecule has 0 unspecified atom stereocenters. The average molecular weight is 352 g/mol. The lowest BCUT2D eigenvalue weighted by Gasteiger charge is -2.30. The Kier molecular flexibility index (Phi) is 4.50. The number of hydrogen-bond donors (Lipinski definition) is 1. The van der Waals surface area contributed by atoms with Crippen LogP contribution in [0.15, 0.2) is 42.5 Å². The van der Waals surface area contributed by atoms with E-state index >= 15 is 0 Å². The van der Waals surface area contributed by atoms with Crippen LogP contribution in [0.1, 0.15) is 11.1 Å². The number of nitrogens with one attached hydrogen (secondary N) is 1. The Hall–Kier alpha value is -2.99. The summed E-state index contributed by atoms with van der Waals surface area (Å²) in [5.74, 6) is 1.46. The summed E-state index contributed by atoms with van der Waals surface area (Å²) < 4.78 is 16.1. The number of benzene rings is 2. The van der Waals surface area contributed by atoms with Crippen LogP contribution in [0.2, 0.25) is 0 Å². The third kappa shape index (κ3) is 3.11. The fraction of sp³-hybridized carbons (Fsp3) is 0.250. The lowest BCUT2D eigenvalue weighted by molar-refractivity contribution is -0.114. The van der Waals surface area contributed by atoms with E-state index in [9.17, 15) is 4.79 Å². The second-order valence-corrected chi connectivity index (χ2v) is 6.07. The first-order valence-electron chi connectivity index (χ1n) is 8.50. The van der Waals surface area contributed by atoms with E-state index in [0.717, 1.165) is 34.0 Å². The van der Waals surface area contributed by atoms with Crippen molar-refractivity contribution in [2.75, 3.05) is 37.2 Å². The van der Waals surface area contributed by atoms with Gasteiger partial charge in [-0.15, -0.1) is 0 Å². The Bertz CT molecular complexity index is 863. The summed E-state index contributed by atoms with van der Waals surface area (Å²) in [6, 6.07) is 11.5. The molecule has 1 amide bonds. The molecular weight excluding hydrogens is 332 g/mol. The van der Waals surface area contributed by atoms with Crippen molar-refractivity contribution in [3.63, 3.8) is 0 Å². The predicted molar refractivity (Wildman–Crippen MR) is 99.6 cm³/mol. The zero-order valence-corrected chi connectivity index (χ0v) is 14.5. The van der Waals surface area contributed by atoms with Crippen LogP contribution in [-0.2, 0) is 16.1 Å². The molecule has 0 aromatic heterocycles. The Morgan fingerprint density at radius 3 is 3.12 bits per heavy atom. The molecule has 0 saturated carbocycles. The molecule has 0 saturated heterocycles. The first-order valence-corrected chi connectivity index (χ1v) is 8.50. The molecule has 6 nitrogen and oxygen atoms in total. The maximum atomic E-state index is 12.8. The molecule has 4 rings (SSSR count). The minimum absolute atomic E-state index is 0.0729. The standard InChI is InChI=1S/C20H20N2O4/c1-24-15-6-7-17-18(11-15)22(10-9-21-17)20(23)8-5-14-3-2-4-19-16(14)12-25-13-26-19/h2-8,11,21H,9-10,12-13H2,1H3. The van der Waals surface area contributed by atoms with Gasteiger partial charge in [-0.25, -0.2) is 0 Å². The van der Waals surface area contributed by atoms with Crippen LogP contribution in [0.25, 0.3) is 6.08 Å². The number of fused-ring (bicyclic) bond motifs is 2. The highest BCUT2D eigenvalue weighted by Crippen LogP contribution is 2.33. The van der Waals surface area contributed by atoms with Crippen molar-refractivity contribution in [1.29, 1.82) is 0 Å². The van der Waals surface area contributed by atoms with Crippen molar-refractivity contribution in [2.24, 2.45) is 0 Å². The molecule has 0 aliphatic carbocycles. The molecule has 0 fully saturated rings. The summed E-state index contributed by atoms with van der Waals surface area (Å²) in [7, 11) is 1.62. The zero-order valence-electron chi connectivity index (χ0n) is 14.5. The van der Waals surface area contributed by atoms with Gasteiger partial charge < -0.3 is 24.4 Å². The predicted octanol–water partition coefficient (Wildman–Crippen LogP) is 3.03. The number of carbonyl (C=O) groups excluding carboxylic acids is 1. The number of carbonyl (C=O) groups is 1. The van der Waals surface area contributed by atoms with Gasteiger partial charge in [-0.1, -0.05) is 12.1 Å². The van der Waals surface area contributed by atoms with Crippen LogP contribution >= 0.6 is 0 Å². The Labute approximate surface area is 152 Å². The number of methoxy groups -OCH3 is 1. The Balaban J connectivity index is 1.59. The molecule has 134 valence electrons. The summed E-state index contributed by atoms with van der Waals surface area (Å²) in [4.78, 5) is 14.6. The quantitative estimate of drug-likeness (QED) is 0.861. The summed E-state index contributed by atoms with van der Waals surface area (Å²) in [5.41, 5.74) is 3.64. The van der Waals surface area contributed by atoms with E-state index in [-0.39, 0.29) is 12.7 Å². The first-order chi connectivity index (χ1) is 12.8. The lowest BCUT2D eigenvalue weighted by atomic mass is 10.1. The van der Waals surface area contributed by atoms with Gasteiger partial charge in [0.1, 0.15) is 11.5 Å². The first kappa shape index (κ1) is 16.5. The van der Waals surface area contributed by atoms with Gasteiger partial charge in [0.05, 0.1) is 25.1 Å². The summed E-state index contributed by atoms with van der Waals surface area (Å²) in [6.45, 7) is 2.06. The minimum Gasteiger partial charge on any atom is -0.497 e. The SMILES string of the molecule is COc1ccc2c(c1)N(C(=O)C=Cc1cccc3c1COCO3)CCN2. The average Bonchev–Trinajstić information content (AvgIpc) is 2.71. The third-order valence-corrected chi connectivity index (χ3v) is 4.53. The van der Waals surface area contributed by atoms with Gasteiger partial charge in [0.15, 0.2) is 6.79 Å². The van der Waals surface area contributed by atoms with Crippen molar-refractivity contribution in [2.45, 2.75) is 6.61 Å². The maximum absolute atomic E-state index is 12.8. The van der Waals surface area contributed by atoms with Gasteiger partial charge in [-0.2, -0.15) is 0 Å². The maximum Gasteiger partial charge on any atom is 0.251 e. The molecule has 2 aliphatic rings. The molecule has 0 spiro atoms. The molecule has 1 N–H and O–H groups in total. The van der Waals surface area contributed by atoms with Crippen LogP contribution < -0.4 is 19.7 Å². The normalized spacial score (nSPS) is 15.7. The van der Waals surface area contributed by atoms with Crippen molar-refractivity contribution < 1.29 is 19.0 Å². The van der Waals surface area contributed by atoms with Crippen molar-refractivity contribution in [3.05, 3.63) is 53.6 Å². The fourth-order valence-electron chi connectivity index (χ4n) is 3.19. The van der Waals surface area contributed by atoms with Gasteiger partial charge >= 0.3 is 0 Å². The zero-order chi connectivity index (χ0) is 17.9. The van der Waals surface area contributed by atoms with Crippen LogP contribution in [0.4, 0.5) is 11.4 Å². The number of nitrogens with zero attached hydrogens (tertiary/aromatic N) is 1. The Morgan fingerprint density at radius 1 is 1.31 bits per heavy atom. The summed E-state index contributed by atoms with van der Waals surface area (Å²) in [5, 5.41) is 3.31. The second kappa shape index (κ2) is 7.09. The minimum atomic E-state index is -0.0729. The number of amides is 1. The summed E-state index contributed by atoms with van der Waals surface area (Å²) >= 11 is 0. The molecule has 26 heavy (non-hydrogen) atoms. The topological polar surface area (TPSA) is 60.0 Å². The smallest absolute Gasteiger partial charge is 0.251 e. The van der Waals surface area contributed by atoms with E-state index in [1.165, 1.54) is 0 Å². The molecule has 2 aromatic rings. The van der Waals surface area contributed by atoms with Gasteiger partial charge in [-0.3, -0.25) is 4.79 Å². The molecule has 2 aromatic carbocycles. The van der Waals surface area contributed by atoms with Crippen molar-refractivity contribution in [3.8, 4) is 11.5 Å². The van der Waals surface area contributed by atoms with Gasteiger partial charge in [-0.05, 0) is 29.8 Å². The van der Waals surface area contributed by atoms with E-state index in [0.29, 0.717) is 19.7 Å². The van der Waals surface area contributed by atoms with E-state index in [2.05, 4.69) is 5.32 Å². The molecular formula is C20H20N2O4. The largest absolute Gasteiger partial charge is 0.497 e. The molecule has 2 aliphatic heterocycles. The highest BCUT2D eigenvalue weighted by molar-refractivity contribution is 6.06. The number of rotatable bonds is 3. The van der Waals surface area contributed by atoms with Gasteiger partial charge in [0, 0.05) is 30.8 Å². The van der Waals surface area contributed by atoms with Crippen LogP contribution in [0.5, 0.6) is 11.5 Å². The molecule has 0 radical (unpaired) electrons. The van der Waals surface area contributed by atoms with E-state index < -0.39 is 0 Å². The van der Waals surface area contributed by atoms with Crippen LogP contribution in [0, 0.1) is 0 Å². The highest BCUT2D eigenvalue weighted by Gasteiger charge is 2.21.